The molecular weight excluding hydrogens is 290 g/mol. The number of ether oxygens (including phenoxy) is 1. The van der Waals surface area contributed by atoms with Gasteiger partial charge in [0.2, 0.25) is 0 Å². The number of piperazine rings is 1. The summed E-state index contributed by atoms with van der Waals surface area (Å²) >= 11 is 0. The first kappa shape index (κ1) is 15.6. The number of hydrogen-bond donors (Lipinski definition) is 2. The van der Waals surface area contributed by atoms with Crippen LogP contribution in [0.15, 0.2) is 12.1 Å². The van der Waals surface area contributed by atoms with E-state index in [0.29, 0.717) is 13.2 Å². The number of nitrogens with one attached hydrogen (secondary N) is 1. The van der Waals surface area contributed by atoms with E-state index in [1.165, 1.54) is 0 Å². The van der Waals surface area contributed by atoms with Gasteiger partial charge in [0.1, 0.15) is 17.4 Å². The molecule has 1 aromatic rings. The van der Waals surface area contributed by atoms with Crippen molar-refractivity contribution < 1.29 is 18.6 Å². The molecule has 0 unspecified atom stereocenters. The van der Waals surface area contributed by atoms with Crippen LogP contribution in [-0.2, 0) is 4.74 Å². The van der Waals surface area contributed by atoms with Crippen LogP contribution in [0.5, 0.6) is 5.75 Å². The number of aromatic hydroxyl groups is 1. The van der Waals surface area contributed by atoms with Gasteiger partial charge in [0.05, 0.1) is 0 Å². The van der Waals surface area contributed by atoms with Gasteiger partial charge in [0, 0.05) is 63.1 Å². The molecule has 1 aromatic carbocycles. The quantitative estimate of drug-likeness (QED) is 0.896. The molecule has 2 N–H and O–H groups in total. The van der Waals surface area contributed by atoms with Crippen LogP contribution < -0.4 is 5.32 Å². The van der Waals surface area contributed by atoms with Crippen LogP contribution in [0, 0.1) is 17.6 Å². The largest absolute Gasteiger partial charge is 0.507 e. The summed E-state index contributed by atoms with van der Waals surface area (Å²) in [5.41, 5.74) is 0.232. The molecule has 3 rings (SSSR count). The second-order valence-corrected chi connectivity index (χ2v) is 6.00. The number of phenols is 1. The van der Waals surface area contributed by atoms with Crippen LogP contribution in [0.25, 0.3) is 0 Å². The fourth-order valence-electron chi connectivity index (χ4n) is 3.57. The molecule has 1 atom stereocenters. The normalized spacial score (nSPS) is 22.6. The minimum absolute atomic E-state index is 0.206. The Bertz CT molecular complexity index is 474. The summed E-state index contributed by atoms with van der Waals surface area (Å²) in [6.07, 6.45) is 1.65. The Morgan fingerprint density at radius 1 is 1.18 bits per heavy atom. The van der Waals surface area contributed by atoms with Gasteiger partial charge in [-0.05, 0) is 18.8 Å². The molecule has 0 amide bonds. The molecular formula is C16H22F2N2O2. The van der Waals surface area contributed by atoms with Crippen molar-refractivity contribution in [2.24, 2.45) is 5.92 Å². The zero-order chi connectivity index (χ0) is 15.5. The molecule has 0 saturated carbocycles. The molecule has 2 aliphatic rings. The van der Waals surface area contributed by atoms with Crippen LogP contribution >= 0.6 is 0 Å². The van der Waals surface area contributed by atoms with Gasteiger partial charge in [-0.15, -0.1) is 0 Å². The zero-order valence-electron chi connectivity index (χ0n) is 12.5. The standard InChI is InChI=1S/C16H22F2N2O2/c17-12-9-13(18)15(14(21)10-12)16(11-1-7-22-8-2-11)20-5-3-19-4-6-20/h9-11,16,19,21H,1-8H2/t16-/m0/s1. The lowest BCUT2D eigenvalue weighted by Gasteiger charge is -2.41. The number of halogens is 2. The highest BCUT2D eigenvalue weighted by Crippen LogP contribution is 2.40. The zero-order valence-corrected chi connectivity index (χ0v) is 12.5. The predicted molar refractivity (Wildman–Crippen MR) is 78.7 cm³/mol. The minimum atomic E-state index is -0.746. The Labute approximate surface area is 129 Å². The van der Waals surface area contributed by atoms with Crippen LogP contribution in [0.1, 0.15) is 24.4 Å². The molecule has 2 fully saturated rings. The average molecular weight is 312 g/mol. The number of rotatable bonds is 3. The highest BCUT2D eigenvalue weighted by molar-refractivity contribution is 5.37. The maximum atomic E-state index is 14.4. The average Bonchev–Trinajstić information content (AvgIpc) is 2.52. The molecule has 0 aromatic heterocycles. The molecule has 0 spiro atoms. The van der Waals surface area contributed by atoms with Crippen molar-refractivity contribution >= 4 is 0 Å². The SMILES string of the molecule is Oc1cc(F)cc(F)c1[C@H](C1CCOCC1)N1CCNCC1. The van der Waals surface area contributed by atoms with Gasteiger partial charge in [0.25, 0.3) is 0 Å². The van der Waals surface area contributed by atoms with E-state index < -0.39 is 11.6 Å². The lowest BCUT2D eigenvalue weighted by atomic mass is 9.85. The smallest absolute Gasteiger partial charge is 0.134 e. The van der Waals surface area contributed by atoms with Gasteiger partial charge in [0.15, 0.2) is 0 Å². The van der Waals surface area contributed by atoms with Crippen LogP contribution in [0.3, 0.4) is 0 Å². The van der Waals surface area contributed by atoms with Gasteiger partial charge < -0.3 is 15.2 Å². The molecule has 4 nitrogen and oxygen atoms in total. The van der Waals surface area contributed by atoms with Crippen molar-refractivity contribution in [3.8, 4) is 5.75 Å². The number of hydrogen-bond acceptors (Lipinski definition) is 4. The maximum Gasteiger partial charge on any atom is 0.134 e. The van der Waals surface area contributed by atoms with Crippen molar-refractivity contribution in [1.82, 2.24) is 10.2 Å². The summed E-state index contributed by atoms with van der Waals surface area (Å²) in [4.78, 5) is 2.20. The third kappa shape index (κ3) is 3.24. The van der Waals surface area contributed by atoms with E-state index in [4.69, 9.17) is 4.74 Å². The Hall–Kier alpha value is -1.24. The first-order valence-electron chi connectivity index (χ1n) is 7.87. The van der Waals surface area contributed by atoms with E-state index in [1.54, 1.807) is 0 Å². The van der Waals surface area contributed by atoms with Crippen molar-refractivity contribution in [3.05, 3.63) is 29.3 Å². The van der Waals surface area contributed by atoms with E-state index in [0.717, 1.165) is 51.2 Å². The molecule has 22 heavy (non-hydrogen) atoms. The summed E-state index contributed by atoms with van der Waals surface area (Å²) in [6, 6.07) is 1.64. The molecule has 0 aliphatic carbocycles. The molecule has 2 saturated heterocycles. The highest BCUT2D eigenvalue weighted by atomic mass is 19.1. The first-order chi connectivity index (χ1) is 10.7. The van der Waals surface area contributed by atoms with Crippen molar-refractivity contribution in [2.75, 3.05) is 39.4 Å². The molecule has 2 aliphatic heterocycles. The fraction of sp³-hybridized carbons (Fsp3) is 0.625. The van der Waals surface area contributed by atoms with E-state index in [-0.39, 0.29) is 23.3 Å². The summed E-state index contributed by atoms with van der Waals surface area (Å²) in [5, 5.41) is 13.4. The molecule has 2 heterocycles. The van der Waals surface area contributed by atoms with Crippen LogP contribution in [0.2, 0.25) is 0 Å². The number of nitrogens with zero attached hydrogens (tertiary/aromatic N) is 1. The van der Waals surface area contributed by atoms with Crippen molar-refractivity contribution in [2.45, 2.75) is 18.9 Å². The minimum Gasteiger partial charge on any atom is -0.507 e. The van der Waals surface area contributed by atoms with Gasteiger partial charge >= 0.3 is 0 Å². The third-order valence-corrected chi connectivity index (χ3v) is 4.63. The molecule has 0 radical (unpaired) electrons. The molecule has 122 valence electrons. The van der Waals surface area contributed by atoms with E-state index in [2.05, 4.69) is 10.2 Å². The molecule has 6 heteroatoms. The topological polar surface area (TPSA) is 44.7 Å². The Kier molecular flexibility index (Phi) is 4.90. The summed E-state index contributed by atoms with van der Waals surface area (Å²) < 4.78 is 33.1. The summed E-state index contributed by atoms with van der Waals surface area (Å²) in [7, 11) is 0. The predicted octanol–water partition coefficient (Wildman–Crippen LogP) is 2.04. The highest BCUT2D eigenvalue weighted by Gasteiger charge is 2.35. The monoisotopic (exact) mass is 312 g/mol. The third-order valence-electron chi connectivity index (χ3n) is 4.63. The van der Waals surface area contributed by atoms with E-state index in [9.17, 15) is 13.9 Å². The second kappa shape index (κ2) is 6.89. The summed E-state index contributed by atoms with van der Waals surface area (Å²) in [6.45, 7) is 4.55. The lowest BCUT2D eigenvalue weighted by Crippen LogP contribution is -2.47. The van der Waals surface area contributed by atoms with Gasteiger partial charge in [-0.1, -0.05) is 0 Å². The van der Waals surface area contributed by atoms with Crippen molar-refractivity contribution in [3.63, 3.8) is 0 Å². The van der Waals surface area contributed by atoms with Gasteiger partial charge in [-0.2, -0.15) is 0 Å². The molecule has 0 bridgehead atoms. The van der Waals surface area contributed by atoms with E-state index in [1.807, 2.05) is 0 Å². The Morgan fingerprint density at radius 3 is 2.50 bits per heavy atom. The van der Waals surface area contributed by atoms with Gasteiger partial charge in [-0.3, -0.25) is 4.90 Å². The van der Waals surface area contributed by atoms with Gasteiger partial charge in [-0.25, -0.2) is 8.78 Å². The summed E-state index contributed by atoms with van der Waals surface area (Å²) in [5.74, 6) is -1.48. The van der Waals surface area contributed by atoms with Crippen LogP contribution in [-0.4, -0.2) is 49.4 Å². The number of benzene rings is 1. The van der Waals surface area contributed by atoms with Crippen molar-refractivity contribution in [1.29, 1.82) is 0 Å². The fourth-order valence-corrected chi connectivity index (χ4v) is 3.57. The first-order valence-corrected chi connectivity index (χ1v) is 7.87. The lowest BCUT2D eigenvalue weighted by molar-refractivity contribution is 0.0195. The maximum absolute atomic E-state index is 14.4. The second-order valence-electron chi connectivity index (χ2n) is 6.00. The Morgan fingerprint density at radius 2 is 1.86 bits per heavy atom. The van der Waals surface area contributed by atoms with Crippen LogP contribution in [0.4, 0.5) is 8.78 Å². The Balaban J connectivity index is 1.96. The number of phenolic OH excluding ortho intramolecular Hbond substituents is 1. The van der Waals surface area contributed by atoms with E-state index >= 15 is 0 Å².